The average Bonchev–Trinajstić information content (AvgIpc) is 2.36. The van der Waals surface area contributed by atoms with Crippen LogP contribution in [0.5, 0.6) is 0 Å². The van der Waals surface area contributed by atoms with Crippen molar-refractivity contribution in [1.29, 1.82) is 0 Å². The van der Waals surface area contributed by atoms with E-state index in [0.717, 1.165) is 18.2 Å². The molecule has 2 rings (SSSR count). The topological polar surface area (TPSA) is 34.1 Å². The summed E-state index contributed by atoms with van der Waals surface area (Å²) in [5, 5.41) is 0. The average molecular weight is 339 g/mol. The summed E-state index contributed by atoms with van der Waals surface area (Å²) in [6.45, 7) is 0. The molecule has 0 spiro atoms. The minimum absolute atomic E-state index is 0.355. The summed E-state index contributed by atoms with van der Waals surface area (Å²) in [5.74, 6) is -0.896. The standard InChI is InChI=1S/C13H7ClF4O2S/c14-21(19,20)8-5-6-11(13(16,17)18)10(7-8)9-3-1-2-4-12(9)15/h1-7H. The molecular formula is C13H7ClF4O2S. The van der Waals surface area contributed by atoms with Crippen LogP contribution in [-0.4, -0.2) is 8.42 Å². The van der Waals surface area contributed by atoms with Gasteiger partial charge in [-0.3, -0.25) is 0 Å². The molecule has 0 heterocycles. The molecule has 2 aromatic rings. The molecule has 2 aromatic carbocycles. The molecule has 21 heavy (non-hydrogen) atoms. The third-order valence-electron chi connectivity index (χ3n) is 2.74. The molecule has 0 aliphatic heterocycles. The van der Waals surface area contributed by atoms with Crippen molar-refractivity contribution < 1.29 is 26.0 Å². The van der Waals surface area contributed by atoms with E-state index in [4.69, 9.17) is 10.7 Å². The number of hydrogen-bond donors (Lipinski definition) is 0. The molecule has 0 aliphatic rings. The zero-order valence-electron chi connectivity index (χ0n) is 10.2. The number of benzene rings is 2. The van der Waals surface area contributed by atoms with E-state index in [1.165, 1.54) is 12.1 Å². The Hall–Kier alpha value is -1.60. The van der Waals surface area contributed by atoms with Gasteiger partial charge < -0.3 is 0 Å². The van der Waals surface area contributed by atoms with Crippen LogP contribution in [0, 0.1) is 5.82 Å². The largest absolute Gasteiger partial charge is 0.417 e. The molecule has 0 amide bonds. The molecular weight excluding hydrogens is 332 g/mol. The van der Waals surface area contributed by atoms with Gasteiger partial charge in [-0.1, -0.05) is 18.2 Å². The van der Waals surface area contributed by atoms with Gasteiger partial charge in [0.25, 0.3) is 9.05 Å². The molecule has 0 bridgehead atoms. The van der Waals surface area contributed by atoms with Gasteiger partial charge in [0.1, 0.15) is 5.82 Å². The Kier molecular flexibility index (Phi) is 3.99. The molecule has 0 radical (unpaired) electrons. The summed E-state index contributed by atoms with van der Waals surface area (Å²) in [4.78, 5) is -0.532. The minimum Gasteiger partial charge on any atom is -0.207 e. The van der Waals surface area contributed by atoms with Gasteiger partial charge in [0.2, 0.25) is 0 Å². The zero-order valence-corrected chi connectivity index (χ0v) is 11.7. The van der Waals surface area contributed by atoms with Crippen molar-refractivity contribution in [3.05, 3.63) is 53.8 Å². The third kappa shape index (κ3) is 3.36. The van der Waals surface area contributed by atoms with Gasteiger partial charge in [0.15, 0.2) is 0 Å². The highest BCUT2D eigenvalue weighted by atomic mass is 35.7. The van der Waals surface area contributed by atoms with Gasteiger partial charge in [0.05, 0.1) is 10.5 Å². The Balaban J connectivity index is 2.80. The monoisotopic (exact) mass is 338 g/mol. The summed E-state index contributed by atoms with van der Waals surface area (Å²) >= 11 is 0. The van der Waals surface area contributed by atoms with Crippen molar-refractivity contribution >= 4 is 19.7 Å². The third-order valence-corrected chi connectivity index (χ3v) is 4.09. The van der Waals surface area contributed by atoms with E-state index < -0.39 is 37.1 Å². The molecule has 0 fully saturated rings. The van der Waals surface area contributed by atoms with Crippen LogP contribution in [0.3, 0.4) is 0 Å². The summed E-state index contributed by atoms with van der Waals surface area (Å²) in [7, 11) is 0.896. The summed E-state index contributed by atoms with van der Waals surface area (Å²) < 4.78 is 75.2. The van der Waals surface area contributed by atoms with E-state index in [1.54, 1.807) is 0 Å². The highest BCUT2D eigenvalue weighted by Crippen LogP contribution is 2.39. The normalized spacial score (nSPS) is 12.4. The van der Waals surface area contributed by atoms with Crippen LogP contribution < -0.4 is 0 Å². The molecule has 0 N–H and O–H groups in total. The first-order valence-electron chi connectivity index (χ1n) is 5.51. The lowest BCUT2D eigenvalue weighted by molar-refractivity contribution is -0.137. The fraction of sp³-hybridized carbons (Fsp3) is 0.0769. The molecule has 112 valence electrons. The molecule has 0 unspecified atom stereocenters. The number of rotatable bonds is 2. The summed E-state index contributed by atoms with van der Waals surface area (Å²) in [6.07, 6.45) is -4.76. The quantitative estimate of drug-likeness (QED) is 0.599. The zero-order chi connectivity index (χ0) is 15.8. The van der Waals surface area contributed by atoms with Crippen LogP contribution in [0.2, 0.25) is 0 Å². The minimum atomic E-state index is -4.76. The number of halogens is 5. The second-order valence-electron chi connectivity index (χ2n) is 4.12. The van der Waals surface area contributed by atoms with Crippen LogP contribution in [0.25, 0.3) is 11.1 Å². The van der Waals surface area contributed by atoms with Gasteiger partial charge in [0, 0.05) is 16.2 Å². The predicted octanol–water partition coefficient (Wildman–Crippen LogP) is 4.44. The smallest absolute Gasteiger partial charge is 0.207 e. The van der Waals surface area contributed by atoms with Gasteiger partial charge in [-0.2, -0.15) is 13.2 Å². The number of alkyl halides is 3. The first kappa shape index (κ1) is 15.8. The Morgan fingerprint density at radius 3 is 2.10 bits per heavy atom. The van der Waals surface area contributed by atoms with Crippen LogP contribution in [-0.2, 0) is 15.2 Å². The van der Waals surface area contributed by atoms with Crippen molar-refractivity contribution in [2.45, 2.75) is 11.1 Å². The summed E-state index contributed by atoms with van der Waals surface area (Å²) in [5.41, 5.74) is -2.08. The molecule has 2 nitrogen and oxygen atoms in total. The van der Waals surface area contributed by atoms with Crippen molar-refractivity contribution in [2.24, 2.45) is 0 Å². The molecule has 0 saturated heterocycles. The lowest BCUT2D eigenvalue weighted by Gasteiger charge is -2.14. The Morgan fingerprint density at radius 1 is 0.952 bits per heavy atom. The highest BCUT2D eigenvalue weighted by molar-refractivity contribution is 8.13. The summed E-state index contributed by atoms with van der Waals surface area (Å²) in [6, 6.07) is 6.78. The van der Waals surface area contributed by atoms with Crippen LogP contribution in [0.15, 0.2) is 47.4 Å². The molecule has 0 aromatic heterocycles. The maximum atomic E-state index is 13.7. The van der Waals surface area contributed by atoms with E-state index in [2.05, 4.69) is 0 Å². The maximum Gasteiger partial charge on any atom is 0.417 e. The maximum absolute atomic E-state index is 13.7. The van der Waals surface area contributed by atoms with Crippen LogP contribution in [0.1, 0.15) is 5.56 Å². The van der Waals surface area contributed by atoms with Gasteiger partial charge in [-0.25, -0.2) is 12.8 Å². The van der Waals surface area contributed by atoms with E-state index in [9.17, 15) is 26.0 Å². The second-order valence-corrected chi connectivity index (χ2v) is 6.69. The predicted molar refractivity (Wildman–Crippen MR) is 69.9 cm³/mol. The molecule has 0 aliphatic carbocycles. The Morgan fingerprint density at radius 2 is 1.57 bits per heavy atom. The fourth-order valence-corrected chi connectivity index (χ4v) is 2.60. The van der Waals surface area contributed by atoms with Crippen molar-refractivity contribution in [2.75, 3.05) is 0 Å². The van der Waals surface area contributed by atoms with Crippen molar-refractivity contribution in [3.8, 4) is 11.1 Å². The van der Waals surface area contributed by atoms with Crippen molar-refractivity contribution in [1.82, 2.24) is 0 Å². The van der Waals surface area contributed by atoms with Crippen LogP contribution in [0.4, 0.5) is 17.6 Å². The SMILES string of the molecule is O=S(=O)(Cl)c1ccc(C(F)(F)F)c(-c2ccccc2F)c1. The van der Waals surface area contributed by atoms with Gasteiger partial charge in [-0.15, -0.1) is 0 Å². The fourth-order valence-electron chi connectivity index (χ4n) is 1.82. The molecule has 0 saturated carbocycles. The first-order chi connectivity index (χ1) is 9.60. The van der Waals surface area contributed by atoms with E-state index in [-0.39, 0.29) is 5.56 Å². The van der Waals surface area contributed by atoms with E-state index in [1.807, 2.05) is 0 Å². The lowest BCUT2D eigenvalue weighted by Crippen LogP contribution is -2.08. The van der Waals surface area contributed by atoms with Gasteiger partial charge >= 0.3 is 6.18 Å². The molecule has 0 atom stereocenters. The Labute approximate surface area is 122 Å². The first-order valence-corrected chi connectivity index (χ1v) is 7.82. The van der Waals surface area contributed by atoms with E-state index >= 15 is 0 Å². The lowest BCUT2D eigenvalue weighted by atomic mass is 9.99. The van der Waals surface area contributed by atoms with Crippen molar-refractivity contribution in [3.63, 3.8) is 0 Å². The highest BCUT2D eigenvalue weighted by Gasteiger charge is 2.34. The number of hydrogen-bond acceptors (Lipinski definition) is 2. The second kappa shape index (κ2) is 5.31. The van der Waals surface area contributed by atoms with E-state index in [0.29, 0.717) is 12.1 Å². The molecule has 8 heteroatoms. The Bertz CT molecular complexity index is 785. The van der Waals surface area contributed by atoms with Gasteiger partial charge in [-0.05, 0) is 29.8 Å². The van der Waals surface area contributed by atoms with Crippen LogP contribution >= 0.6 is 10.7 Å².